The molecule has 0 aliphatic heterocycles. The highest BCUT2D eigenvalue weighted by atomic mass is 79.9. The van der Waals surface area contributed by atoms with Gasteiger partial charge in [-0.2, -0.15) is 0 Å². The third-order valence-corrected chi connectivity index (χ3v) is 4.72. The fourth-order valence-corrected chi connectivity index (χ4v) is 3.18. The zero-order valence-electron chi connectivity index (χ0n) is 8.32. The Morgan fingerprint density at radius 2 is 2.27 bits per heavy atom. The molecule has 2 rings (SSSR count). The van der Waals surface area contributed by atoms with E-state index >= 15 is 0 Å². The average molecular weight is 304 g/mol. The van der Waals surface area contributed by atoms with Crippen molar-refractivity contribution in [2.45, 2.75) is 13.0 Å². The minimum absolute atomic E-state index is 0.262. The second-order valence-electron chi connectivity index (χ2n) is 3.10. The Bertz CT molecular complexity index is 452. The number of thiophene rings is 1. The minimum Gasteiger partial charge on any atom is -0.311 e. The van der Waals surface area contributed by atoms with Crippen LogP contribution in [-0.4, -0.2) is 17.2 Å². The Hall–Kier alpha value is -0.300. The molecule has 0 spiro atoms. The van der Waals surface area contributed by atoms with E-state index in [0.29, 0.717) is 0 Å². The SMILES string of the molecule is CNC(C)c1nnc(-c2csc(Br)c2)s1. The number of aromatic nitrogens is 2. The van der Waals surface area contributed by atoms with E-state index in [1.807, 2.05) is 7.05 Å². The quantitative estimate of drug-likeness (QED) is 0.945. The predicted octanol–water partition coefficient (Wildman–Crippen LogP) is 3.31. The highest BCUT2D eigenvalue weighted by Crippen LogP contribution is 2.32. The van der Waals surface area contributed by atoms with Crippen LogP contribution in [0.15, 0.2) is 15.2 Å². The highest BCUT2D eigenvalue weighted by molar-refractivity contribution is 9.11. The van der Waals surface area contributed by atoms with E-state index in [1.165, 1.54) is 0 Å². The fourth-order valence-electron chi connectivity index (χ4n) is 1.07. The van der Waals surface area contributed by atoms with Crippen LogP contribution in [0.4, 0.5) is 0 Å². The molecule has 1 atom stereocenters. The van der Waals surface area contributed by atoms with E-state index in [-0.39, 0.29) is 6.04 Å². The first kappa shape index (κ1) is 11.2. The lowest BCUT2D eigenvalue weighted by atomic mass is 10.4. The topological polar surface area (TPSA) is 37.8 Å². The van der Waals surface area contributed by atoms with Crippen LogP contribution < -0.4 is 5.32 Å². The van der Waals surface area contributed by atoms with Crippen molar-refractivity contribution in [1.82, 2.24) is 15.5 Å². The van der Waals surface area contributed by atoms with Gasteiger partial charge in [-0.05, 0) is 36.0 Å². The number of halogens is 1. The van der Waals surface area contributed by atoms with Crippen molar-refractivity contribution in [2.75, 3.05) is 7.05 Å². The van der Waals surface area contributed by atoms with Gasteiger partial charge < -0.3 is 5.32 Å². The number of hydrogen-bond donors (Lipinski definition) is 1. The number of rotatable bonds is 3. The molecule has 80 valence electrons. The largest absolute Gasteiger partial charge is 0.311 e. The van der Waals surface area contributed by atoms with Gasteiger partial charge in [-0.25, -0.2) is 0 Å². The second kappa shape index (κ2) is 4.69. The summed E-state index contributed by atoms with van der Waals surface area (Å²) in [5.41, 5.74) is 1.14. The third kappa shape index (κ3) is 2.44. The molecule has 0 aliphatic rings. The van der Waals surface area contributed by atoms with E-state index in [1.54, 1.807) is 22.7 Å². The molecule has 0 saturated carbocycles. The van der Waals surface area contributed by atoms with Crippen molar-refractivity contribution in [1.29, 1.82) is 0 Å². The molecule has 1 unspecified atom stereocenters. The van der Waals surface area contributed by atoms with Gasteiger partial charge in [0.05, 0.1) is 9.83 Å². The lowest BCUT2D eigenvalue weighted by molar-refractivity contribution is 0.640. The molecule has 6 heteroatoms. The average Bonchev–Trinajstić information content (AvgIpc) is 2.84. The lowest BCUT2D eigenvalue weighted by Crippen LogP contribution is -2.11. The van der Waals surface area contributed by atoms with Crippen molar-refractivity contribution in [3.63, 3.8) is 0 Å². The summed E-state index contributed by atoms with van der Waals surface area (Å²) in [5.74, 6) is 0. The van der Waals surface area contributed by atoms with Gasteiger partial charge in [0, 0.05) is 10.9 Å². The van der Waals surface area contributed by atoms with Gasteiger partial charge in [-0.1, -0.05) is 11.3 Å². The van der Waals surface area contributed by atoms with Gasteiger partial charge in [-0.3, -0.25) is 0 Å². The van der Waals surface area contributed by atoms with Crippen LogP contribution in [0, 0.1) is 0 Å². The summed E-state index contributed by atoms with van der Waals surface area (Å²) in [5, 5.41) is 15.6. The van der Waals surface area contributed by atoms with Crippen LogP contribution in [0.3, 0.4) is 0 Å². The van der Waals surface area contributed by atoms with Gasteiger partial charge in [-0.15, -0.1) is 21.5 Å². The third-order valence-electron chi connectivity index (χ3n) is 2.06. The molecule has 15 heavy (non-hydrogen) atoms. The summed E-state index contributed by atoms with van der Waals surface area (Å²) in [4.78, 5) is 0. The van der Waals surface area contributed by atoms with E-state index in [9.17, 15) is 0 Å². The molecule has 2 aromatic heterocycles. The predicted molar refractivity (Wildman–Crippen MR) is 68.4 cm³/mol. The molecule has 3 nitrogen and oxygen atoms in total. The smallest absolute Gasteiger partial charge is 0.148 e. The summed E-state index contributed by atoms with van der Waals surface area (Å²) < 4.78 is 1.12. The van der Waals surface area contributed by atoms with Crippen molar-refractivity contribution in [3.8, 4) is 10.6 Å². The molecule has 0 radical (unpaired) electrons. The number of nitrogens with zero attached hydrogens (tertiary/aromatic N) is 2. The van der Waals surface area contributed by atoms with Crippen LogP contribution in [0.5, 0.6) is 0 Å². The molecule has 0 amide bonds. The molecule has 2 heterocycles. The van der Waals surface area contributed by atoms with Gasteiger partial charge in [0.25, 0.3) is 0 Å². The molecule has 1 N–H and O–H groups in total. The first-order valence-corrected chi connectivity index (χ1v) is 6.94. The summed E-state index contributed by atoms with van der Waals surface area (Å²) in [6.07, 6.45) is 0. The van der Waals surface area contributed by atoms with Gasteiger partial charge >= 0.3 is 0 Å². The lowest BCUT2D eigenvalue weighted by Gasteiger charge is -2.02. The van der Waals surface area contributed by atoms with Crippen molar-refractivity contribution >= 4 is 38.6 Å². The molecular formula is C9H10BrN3S2. The maximum atomic E-state index is 4.18. The van der Waals surface area contributed by atoms with E-state index in [4.69, 9.17) is 0 Å². The summed E-state index contributed by atoms with van der Waals surface area (Å²) >= 11 is 6.74. The molecule has 2 aromatic rings. The Kier molecular flexibility index (Phi) is 3.50. The van der Waals surface area contributed by atoms with Crippen molar-refractivity contribution < 1.29 is 0 Å². The molecule has 0 bridgehead atoms. The fraction of sp³-hybridized carbons (Fsp3) is 0.333. The van der Waals surface area contributed by atoms with E-state index < -0.39 is 0 Å². The maximum Gasteiger partial charge on any atom is 0.148 e. The van der Waals surface area contributed by atoms with Gasteiger partial charge in [0.15, 0.2) is 0 Å². The molecule has 0 aromatic carbocycles. The number of nitrogens with one attached hydrogen (secondary N) is 1. The first-order valence-electron chi connectivity index (χ1n) is 4.45. The van der Waals surface area contributed by atoms with Crippen molar-refractivity contribution in [2.24, 2.45) is 0 Å². The van der Waals surface area contributed by atoms with Gasteiger partial charge in [0.1, 0.15) is 10.0 Å². The summed E-state index contributed by atoms with van der Waals surface area (Å²) in [7, 11) is 1.92. The van der Waals surface area contributed by atoms with E-state index in [0.717, 1.165) is 19.4 Å². The standard InChI is InChI=1S/C9H10BrN3S2/c1-5(11-2)8-12-13-9(15-8)6-3-7(10)14-4-6/h3-5,11H,1-2H3. The monoisotopic (exact) mass is 303 g/mol. The van der Waals surface area contributed by atoms with Crippen LogP contribution in [0.1, 0.15) is 18.0 Å². The molecular weight excluding hydrogens is 294 g/mol. The van der Waals surface area contributed by atoms with Crippen LogP contribution in [-0.2, 0) is 0 Å². The molecule has 0 saturated heterocycles. The normalized spacial score (nSPS) is 13.0. The summed E-state index contributed by atoms with van der Waals surface area (Å²) in [6, 6.07) is 2.33. The Labute approximate surface area is 105 Å². The minimum atomic E-state index is 0.262. The Morgan fingerprint density at radius 1 is 1.47 bits per heavy atom. The Morgan fingerprint density at radius 3 is 2.87 bits per heavy atom. The first-order chi connectivity index (χ1) is 7.20. The summed E-state index contributed by atoms with van der Waals surface area (Å²) in [6.45, 7) is 2.08. The maximum absolute atomic E-state index is 4.18. The van der Waals surface area contributed by atoms with Crippen LogP contribution in [0.2, 0.25) is 0 Å². The number of hydrogen-bond acceptors (Lipinski definition) is 5. The highest BCUT2D eigenvalue weighted by Gasteiger charge is 2.12. The zero-order valence-corrected chi connectivity index (χ0v) is 11.5. The molecule has 0 fully saturated rings. The van der Waals surface area contributed by atoms with Crippen LogP contribution in [0.25, 0.3) is 10.6 Å². The molecule has 0 aliphatic carbocycles. The van der Waals surface area contributed by atoms with Crippen molar-refractivity contribution in [3.05, 3.63) is 20.2 Å². The Balaban J connectivity index is 2.27. The van der Waals surface area contributed by atoms with Crippen LogP contribution >= 0.6 is 38.6 Å². The van der Waals surface area contributed by atoms with E-state index in [2.05, 4.69) is 49.8 Å². The zero-order chi connectivity index (χ0) is 10.8. The van der Waals surface area contributed by atoms with Gasteiger partial charge in [0.2, 0.25) is 0 Å². The second-order valence-corrected chi connectivity index (χ2v) is 6.39.